The number of carbonyl (C=O) groups excluding carboxylic acids is 2. The van der Waals surface area contributed by atoms with Gasteiger partial charge in [-0.2, -0.15) is 0 Å². The van der Waals surface area contributed by atoms with E-state index in [2.05, 4.69) is 4.74 Å². The number of Topliss-reactive ketones (excluding diaryl/α,β-unsaturated/α-hetero) is 1. The summed E-state index contributed by atoms with van der Waals surface area (Å²) in [5.41, 5.74) is -0.865. The zero-order valence-electron chi connectivity index (χ0n) is 5.02. The Balaban J connectivity index is 3.10. The Hall–Kier alpha value is -0.570. The maximum absolute atomic E-state index is 10.2. The van der Waals surface area contributed by atoms with Crippen molar-refractivity contribution in [2.24, 2.45) is 0 Å². The third-order valence-corrected chi connectivity index (χ3v) is 0.779. The van der Waals surface area contributed by atoms with Gasteiger partial charge in [-0.3, -0.25) is 4.79 Å². The fourth-order valence-electron chi connectivity index (χ4n) is 0.275. The molecule has 0 aromatic rings. The molecular weight excluding hydrogens is 144 g/mol. The van der Waals surface area contributed by atoms with Gasteiger partial charge in [0.1, 0.15) is 5.78 Å². The first-order valence-corrected chi connectivity index (χ1v) is 2.82. The molecule has 0 aliphatic rings. The summed E-state index contributed by atoms with van der Waals surface area (Å²) in [6.45, 7) is 1.50. The Morgan fingerprint density at radius 3 is 2.44 bits per heavy atom. The third kappa shape index (κ3) is 7.43. The summed E-state index contributed by atoms with van der Waals surface area (Å²) in [5.74, 6) is -0.0204. The highest BCUT2D eigenvalue weighted by Crippen LogP contribution is 1.89. The van der Waals surface area contributed by atoms with Gasteiger partial charge in [-0.05, 0) is 6.92 Å². The van der Waals surface area contributed by atoms with Crippen molar-refractivity contribution in [1.82, 2.24) is 0 Å². The van der Waals surface area contributed by atoms with Crippen LogP contribution < -0.4 is 0 Å². The Morgan fingerprint density at radius 2 is 2.11 bits per heavy atom. The van der Waals surface area contributed by atoms with Crippen molar-refractivity contribution in [3.05, 3.63) is 0 Å². The van der Waals surface area contributed by atoms with Gasteiger partial charge in [-0.15, -0.1) is 0 Å². The molecule has 0 bridgehead atoms. The normalized spacial score (nSPS) is 8.67. The number of rotatable bonds is 3. The van der Waals surface area contributed by atoms with Crippen LogP contribution in [0.25, 0.3) is 0 Å². The van der Waals surface area contributed by atoms with E-state index in [4.69, 9.17) is 11.6 Å². The van der Waals surface area contributed by atoms with Crippen LogP contribution in [0.3, 0.4) is 0 Å². The lowest BCUT2D eigenvalue weighted by Crippen LogP contribution is -2.01. The molecule has 0 spiro atoms. The van der Waals surface area contributed by atoms with Gasteiger partial charge < -0.3 is 4.74 Å². The van der Waals surface area contributed by atoms with Gasteiger partial charge in [0.15, 0.2) is 0 Å². The first kappa shape index (κ1) is 8.43. The lowest BCUT2D eigenvalue weighted by Gasteiger charge is -1.94. The van der Waals surface area contributed by atoms with Gasteiger partial charge >= 0.3 is 5.43 Å². The van der Waals surface area contributed by atoms with E-state index >= 15 is 0 Å². The molecule has 0 atom stereocenters. The lowest BCUT2D eigenvalue weighted by atomic mass is 10.3. The first-order valence-electron chi connectivity index (χ1n) is 2.44. The number of carbonyl (C=O) groups is 2. The Labute approximate surface area is 57.9 Å². The van der Waals surface area contributed by atoms with Crippen molar-refractivity contribution in [2.45, 2.75) is 13.3 Å². The topological polar surface area (TPSA) is 43.4 Å². The van der Waals surface area contributed by atoms with Crippen molar-refractivity contribution in [2.75, 3.05) is 6.61 Å². The molecule has 3 nitrogen and oxygen atoms in total. The Bertz CT molecular complexity index is 107. The van der Waals surface area contributed by atoms with Crippen LogP contribution >= 0.6 is 11.6 Å². The van der Waals surface area contributed by atoms with Gasteiger partial charge in [-0.25, -0.2) is 4.79 Å². The van der Waals surface area contributed by atoms with Crippen molar-refractivity contribution in [3.8, 4) is 0 Å². The van der Waals surface area contributed by atoms with Crippen molar-refractivity contribution >= 4 is 22.8 Å². The van der Waals surface area contributed by atoms with E-state index < -0.39 is 5.43 Å². The number of ketones is 1. The van der Waals surface area contributed by atoms with Gasteiger partial charge in [0.05, 0.1) is 6.61 Å². The van der Waals surface area contributed by atoms with Crippen LogP contribution in [0.2, 0.25) is 0 Å². The summed E-state index contributed by atoms with van der Waals surface area (Å²) >= 11 is 4.79. The summed E-state index contributed by atoms with van der Waals surface area (Å²) in [6.07, 6.45) is 0.235. The van der Waals surface area contributed by atoms with Crippen LogP contribution in [0.5, 0.6) is 0 Å². The fourth-order valence-corrected chi connectivity index (χ4v) is 0.352. The van der Waals surface area contributed by atoms with E-state index in [0.717, 1.165) is 0 Å². The minimum Gasteiger partial charge on any atom is -0.453 e. The SMILES string of the molecule is CC(=O)CCOC(=O)Cl. The quantitative estimate of drug-likeness (QED) is 0.571. The zero-order chi connectivity index (χ0) is 7.28. The number of halogens is 1. The average molecular weight is 151 g/mol. The maximum atomic E-state index is 10.2. The molecule has 0 aliphatic heterocycles. The van der Waals surface area contributed by atoms with Crippen LogP contribution in [0.15, 0.2) is 0 Å². The molecule has 0 aliphatic carbocycles. The molecular formula is C5H7ClO3. The highest BCUT2D eigenvalue weighted by Gasteiger charge is 1.96. The molecule has 0 radical (unpaired) electrons. The molecule has 0 fully saturated rings. The molecule has 0 aromatic carbocycles. The fraction of sp³-hybridized carbons (Fsp3) is 0.600. The van der Waals surface area contributed by atoms with Crippen molar-refractivity contribution in [1.29, 1.82) is 0 Å². The van der Waals surface area contributed by atoms with Crippen molar-refractivity contribution < 1.29 is 14.3 Å². The van der Waals surface area contributed by atoms with Crippen molar-refractivity contribution in [3.63, 3.8) is 0 Å². The second-order valence-corrected chi connectivity index (χ2v) is 1.85. The van der Waals surface area contributed by atoms with E-state index in [1.54, 1.807) is 0 Å². The second kappa shape index (κ2) is 4.32. The highest BCUT2D eigenvalue weighted by molar-refractivity contribution is 6.61. The monoisotopic (exact) mass is 150 g/mol. The number of ether oxygens (including phenoxy) is 1. The number of hydrogen-bond acceptors (Lipinski definition) is 3. The molecule has 0 heterocycles. The molecule has 0 unspecified atom stereocenters. The predicted octanol–water partition coefficient (Wildman–Crippen LogP) is 1.34. The summed E-state index contributed by atoms with van der Waals surface area (Å²) in [6, 6.07) is 0. The predicted molar refractivity (Wildman–Crippen MR) is 32.5 cm³/mol. The van der Waals surface area contributed by atoms with E-state index in [1.165, 1.54) is 6.92 Å². The van der Waals surface area contributed by atoms with E-state index in [9.17, 15) is 9.59 Å². The third-order valence-electron chi connectivity index (χ3n) is 0.670. The molecule has 0 rings (SSSR count). The molecule has 9 heavy (non-hydrogen) atoms. The Kier molecular flexibility index (Phi) is 4.05. The van der Waals surface area contributed by atoms with E-state index in [0.29, 0.717) is 0 Å². The minimum absolute atomic E-state index is 0.0204. The number of hydrogen-bond donors (Lipinski definition) is 0. The Morgan fingerprint density at radius 1 is 1.56 bits per heavy atom. The molecule has 0 aromatic heterocycles. The van der Waals surface area contributed by atoms with Gasteiger partial charge in [-0.1, -0.05) is 0 Å². The standard InChI is InChI=1S/C5H7ClO3/c1-4(7)2-3-9-5(6)8/h2-3H2,1H3. The van der Waals surface area contributed by atoms with E-state index in [-0.39, 0.29) is 18.8 Å². The second-order valence-electron chi connectivity index (χ2n) is 1.54. The zero-order valence-corrected chi connectivity index (χ0v) is 5.77. The molecule has 0 N–H and O–H groups in total. The maximum Gasteiger partial charge on any atom is 0.403 e. The molecule has 0 saturated heterocycles. The molecule has 0 amide bonds. The van der Waals surface area contributed by atoms with Crippen LogP contribution in [0, 0.1) is 0 Å². The summed E-state index contributed by atoms with van der Waals surface area (Å²) in [4.78, 5) is 20.0. The largest absolute Gasteiger partial charge is 0.453 e. The summed E-state index contributed by atoms with van der Waals surface area (Å²) in [5, 5.41) is 0. The van der Waals surface area contributed by atoms with Crippen LogP contribution in [0.4, 0.5) is 4.79 Å². The van der Waals surface area contributed by atoms with Gasteiger partial charge in [0, 0.05) is 18.0 Å². The van der Waals surface area contributed by atoms with Crippen LogP contribution in [-0.4, -0.2) is 17.8 Å². The lowest BCUT2D eigenvalue weighted by molar-refractivity contribution is -0.117. The summed E-state index contributed by atoms with van der Waals surface area (Å²) in [7, 11) is 0. The molecule has 52 valence electrons. The average Bonchev–Trinajstić information content (AvgIpc) is 1.63. The highest BCUT2D eigenvalue weighted by atomic mass is 35.5. The van der Waals surface area contributed by atoms with Crippen LogP contribution in [0.1, 0.15) is 13.3 Å². The first-order chi connectivity index (χ1) is 4.13. The summed E-state index contributed by atoms with van der Waals surface area (Å²) < 4.78 is 4.26. The van der Waals surface area contributed by atoms with Gasteiger partial charge in [0.2, 0.25) is 0 Å². The molecule has 4 heteroatoms. The van der Waals surface area contributed by atoms with E-state index in [1.807, 2.05) is 0 Å². The molecule has 0 saturated carbocycles. The van der Waals surface area contributed by atoms with Crippen LogP contribution in [-0.2, 0) is 9.53 Å². The minimum atomic E-state index is -0.865. The van der Waals surface area contributed by atoms with Gasteiger partial charge in [0.25, 0.3) is 0 Å². The smallest absolute Gasteiger partial charge is 0.403 e.